The molecule has 0 amide bonds. The SMILES string of the molecule is COc1ccc(C(=O)/C=C/c2ccccc2F)c(Oc2cc(OC)c(OC)c(OC)c2)c1. The highest BCUT2D eigenvalue weighted by molar-refractivity contribution is 6.08. The number of hydrogen-bond donors (Lipinski definition) is 0. The van der Waals surface area contributed by atoms with Crippen LogP contribution in [-0.2, 0) is 0 Å². The number of hydrogen-bond acceptors (Lipinski definition) is 6. The summed E-state index contributed by atoms with van der Waals surface area (Å²) in [5.41, 5.74) is 0.577. The van der Waals surface area contributed by atoms with Crippen molar-refractivity contribution >= 4 is 11.9 Å². The van der Waals surface area contributed by atoms with Crippen LogP contribution in [0.4, 0.5) is 4.39 Å². The van der Waals surface area contributed by atoms with Crippen LogP contribution in [-0.4, -0.2) is 34.2 Å². The van der Waals surface area contributed by atoms with E-state index in [0.29, 0.717) is 34.3 Å². The lowest BCUT2D eigenvalue weighted by atomic mass is 10.1. The zero-order valence-electron chi connectivity index (χ0n) is 18.2. The normalized spacial score (nSPS) is 10.7. The average molecular weight is 438 g/mol. The first-order chi connectivity index (χ1) is 15.5. The van der Waals surface area contributed by atoms with E-state index < -0.39 is 5.82 Å². The molecule has 32 heavy (non-hydrogen) atoms. The monoisotopic (exact) mass is 438 g/mol. The number of carbonyl (C=O) groups excluding carboxylic acids is 1. The molecule has 6 nitrogen and oxygen atoms in total. The smallest absolute Gasteiger partial charge is 0.203 e. The van der Waals surface area contributed by atoms with Crippen molar-refractivity contribution in [2.24, 2.45) is 0 Å². The molecule has 0 unspecified atom stereocenters. The largest absolute Gasteiger partial charge is 0.497 e. The van der Waals surface area contributed by atoms with Gasteiger partial charge in [-0.1, -0.05) is 18.2 Å². The van der Waals surface area contributed by atoms with Gasteiger partial charge in [-0.2, -0.15) is 0 Å². The second-order valence-corrected chi connectivity index (χ2v) is 6.54. The predicted molar refractivity (Wildman–Crippen MR) is 119 cm³/mol. The van der Waals surface area contributed by atoms with Crippen LogP contribution in [0.2, 0.25) is 0 Å². The number of ketones is 1. The predicted octanol–water partition coefficient (Wildman–Crippen LogP) is 5.55. The van der Waals surface area contributed by atoms with Crippen LogP contribution in [0.15, 0.2) is 60.7 Å². The number of rotatable bonds is 9. The van der Waals surface area contributed by atoms with Gasteiger partial charge in [-0.15, -0.1) is 0 Å². The van der Waals surface area contributed by atoms with E-state index in [4.69, 9.17) is 23.7 Å². The minimum atomic E-state index is -0.417. The molecule has 0 aliphatic heterocycles. The molecule has 0 N–H and O–H groups in total. The number of allylic oxidation sites excluding steroid dienone is 1. The third-order valence-corrected chi connectivity index (χ3v) is 4.64. The van der Waals surface area contributed by atoms with Crippen LogP contribution >= 0.6 is 0 Å². The summed E-state index contributed by atoms with van der Waals surface area (Å²) in [4.78, 5) is 12.9. The van der Waals surface area contributed by atoms with E-state index in [0.717, 1.165) is 0 Å². The van der Waals surface area contributed by atoms with Gasteiger partial charge in [-0.05, 0) is 30.4 Å². The molecule has 0 atom stereocenters. The first-order valence-corrected chi connectivity index (χ1v) is 9.63. The van der Waals surface area contributed by atoms with Gasteiger partial charge in [0.25, 0.3) is 0 Å². The van der Waals surface area contributed by atoms with Gasteiger partial charge >= 0.3 is 0 Å². The molecule has 0 saturated heterocycles. The fourth-order valence-corrected chi connectivity index (χ4v) is 3.03. The number of ether oxygens (including phenoxy) is 5. The van der Waals surface area contributed by atoms with Crippen LogP contribution in [0, 0.1) is 5.82 Å². The Morgan fingerprint density at radius 3 is 2.03 bits per heavy atom. The molecule has 0 fully saturated rings. The Morgan fingerprint density at radius 1 is 0.781 bits per heavy atom. The highest BCUT2D eigenvalue weighted by Crippen LogP contribution is 2.42. The summed E-state index contributed by atoms with van der Waals surface area (Å²) in [6, 6.07) is 14.2. The Balaban J connectivity index is 1.98. The molecule has 3 aromatic carbocycles. The van der Waals surface area contributed by atoms with E-state index in [1.807, 2.05) is 0 Å². The Bertz CT molecular complexity index is 1110. The van der Waals surface area contributed by atoms with Gasteiger partial charge in [0, 0.05) is 23.8 Å². The summed E-state index contributed by atoms with van der Waals surface area (Å²) in [7, 11) is 6.00. The molecule has 0 saturated carbocycles. The maximum atomic E-state index is 13.9. The van der Waals surface area contributed by atoms with Crippen molar-refractivity contribution in [2.75, 3.05) is 28.4 Å². The number of halogens is 1. The van der Waals surface area contributed by atoms with E-state index in [1.54, 1.807) is 48.5 Å². The zero-order valence-corrected chi connectivity index (χ0v) is 18.2. The lowest BCUT2D eigenvalue weighted by molar-refractivity contribution is 0.104. The van der Waals surface area contributed by atoms with E-state index in [1.165, 1.54) is 46.7 Å². The summed E-state index contributed by atoms with van der Waals surface area (Å²) < 4.78 is 41.2. The Morgan fingerprint density at radius 2 is 1.44 bits per heavy atom. The van der Waals surface area contributed by atoms with Crippen LogP contribution in [0.25, 0.3) is 6.08 Å². The van der Waals surface area contributed by atoms with Crippen LogP contribution in [0.5, 0.6) is 34.5 Å². The second-order valence-electron chi connectivity index (χ2n) is 6.54. The van der Waals surface area contributed by atoms with Gasteiger partial charge in [0.1, 0.15) is 23.1 Å². The maximum Gasteiger partial charge on any atom is 0.203 e. The minimum absolute atomic E-state index is 0.252. The molecule has 0 spiro atoms. The van der Waals surface area contributed by atoms with Crippen molar-refractivity contribution in [3.05, 3.63) is 77.6 Å². The lowest BCUT2D eigenvalue weighted by Crippen LogP contribution is -2.01. The summed E-state index contributed by atoms with van der Waals surface area (Å²) >= 11 is 0. The molecule has 0 aromatic heterocycles. The third kappa shape index (κ3) is 5.00. The zero-order chi connectivity index (χ0) is 23.1. The fraction of sp³-hybridized carbons (Fsp3) is 0.160. The standard InChI is InChI=1S/C25H23FO6/c1-28-17-10-11-19(21(27)12-9-16-7-5-6-8-20(16)26)22(13-17)32-18-14-23(29-2)25(31-4)24(15-18)30-3/h5-15H,1-4H3/b12-9+. The average Bonchev–Trinajstić information content (AvgIpc) is 2.82. The molecule has 3 aromatic rings. The minimum Gasteiger partial charge on any atom is -0.497 e. The highest BCUT2D eigenvalue weighted by atomic mass is 19.1. The number of benzene rings is 3. The van der Waals surface area contributed by atoms with Crippen molar-refractivity contribution in [3.63, 3.8) is 0 Å². The van der Waals surface area contributed by atoms with Gasteiger partial charge in [0.15, 0.2) is 17.3 Å². The van der Waals surface area contributed by atoms with Crippen molar-refractivity contribution in [1.29, 1.82) is 0 Å². The van der Waals surface area contributed by atoms with E-state index in [9.17, 15) is 9.18 Å². The van der Waals surface area contributed by atoms with Crippen LogP contribution < -0.4 is 23.7 Å². The van der Waals surface area contributed by atoms with Gasteiger partial charge in [0.2, 0.25) is 5.75 Å². The van der Waals surface area contributed by atoms with Gasteiger partial charge < -0.3 is 23.7 Å². The quantitative estimate of drug-likeness (QED) is 0.323. The molecule has 7 heteroatoms. The summed E-state index contributed by atoms with van der Waals surface area (Å²) in [5.74, 6) is 1.55. The molecule has 0 radical (unpaired) electrons. The van der Waals surface area contributed by atoms with Gasteiger partial charge in [-0.25, -0.2) is 4.39 Å². The van der Waals surface area contributed by atoms with Crippen molar-refractivity contribution in [1.82, 2.24) is 0 Å². The molecule has 3 rings (SSSR count). The van der Waals surface area contributed by atoms with Crippen LogP contribution in [0.3, 0.4) is 0 Å². The molecular formula is C25H23FO6. The van der Waals surface area contributed by atoms with E-state index in [-0.39, 0.29) is 17.1 Å². The molecule has 166 valence electrons. The maximum absolute atomic E-state index is 13.9. The molecule has 0 aliphatic carbocycles. The van der Waals surface area contributed by atoms with Crippen LogP contribution in [0.1, 0.15) is 15.9 Å². The number of methoxy groups -OCH3 is 4. The Hall–Kier alpha value is -4.00. The lowest BCUT2D eigenvalue weighted by Gasteiger charge is -2.16. The van der Waals surface area contributed by atoms with Crippen molar-refractivity contribution < 1.29 is 32.9 Å². The summed E-state index contributed by atoms with van der Waals surface area (Å²) in [6.45, 7) is 0. The molecule has 0 aliphatic rings. The molecule has 0 heterocycles. The second kappa shape index (κ2) is 10.3. The Kier molecular flexibility index (Phi) is 7.33. The fourth-order valence-electron chi connectivity index (χ4n) is 3.03. The van der Waals surface area contributed by atoms with Crippen molar-refractivity contribution in [2.45, 2.75) is 0 Å². The first-order valence-electron chi connectivity index (χ1n) is 9.63. The third-order valence-electron chi connectivity index (χ3n) is 4.64. The molecular weight excluding hydrogens is 415 g/mol. The molecule has 0 bridgehead atoms. The van der Waals surface area contributed by atoms with E-state index in [2.05, 4.69) is 0 Å². The first kappa shape index (κ1) is 22.7. The summed E-state index contributed by atoms with van der Waals surface area (Å²) in [6.07, 6.45) is 2.72. The highest BCUT2D eigenvalue weighted by Gasteiger charge is 2.17. The number of carbonyl (C=O) groups is 1. The topological polar surface area (TPSA) is 63.2 Å². The van der Waals surface area contributed by atoms with Crippen molar-refractivity contribution in [3.8, 4) is 34.5 Å². The van der Waals surface area contributed by atoms with E-state index >= 15 is 0 Å². The van der Waals surface area contributed by atoms with Gasteiger partial charge in [0.05, 0.1) is 34.0 Å². The van der Waals surface area contributed by atoms with Gasteiger partial charge in [-0.3, -0.25) is 4.79 Å². The summed E-state index contributed by atoms with van der Waals surface area (Å²) in [5, 5.41) is 0. The Labute approximate surface area is 185 Å².